The average Bonchev–Trinajstić information content (AvgIpc) is 2.94. The maximum absolute atomic E-state index is 11.5. The first kappa shape index (κ1) is 15.3. The number of hydrogen-bond donors (Lipinski definition) is 3. The highest BCUT2D eigenvalue weighted by molar-refractivity contribution is 5.83. The van der Waals surface area contributed by atoms with Gasteiger partial charge in [0.05, 0.1) is 5.41 Å². The van der Waals surface area contributed by atoms with Gasteiger partial charge in [-0.25, -0.2) is 9.59 Å². The Morgan fingerprint density at radius 2 is 1.79 bits per heavy atom. The second-order valence-electron chi connectivity index (χ2n) is 5.83. The summed E-state index contributed by atoms with van der Waals surface area (Å²) in [5, 5.41) is 20.2. The SMILES string of the molecule is CC(C)(C)OC(=O)NC(CC1(C(=O)O)CC1)C(=O)O. The van der Waals surface area contributed by atoms with Crippen molar-refractivity contribution >= 4 is 18.0 Å². The van der Waals surface area contributed by atoms with Crippen molar-refractivity contribution in [2.45, 2.75) is 51.7 Å². The van der Waals surface area contributed by atoms with Gasteiger partial charge in [-0.15, -0.1) is 0 Å². The van der Waals surface area contributed by atoms with Gasteiger partial charge in [0.1, 0.15) is 11.6 Å². The van der Waals surface area contributed by atoms with Crippen LogP contribution in [0.1, 0.15) is 40.0 Å². The number of carbonyl (C=O) groups is 3. The number of carbonyl (C=O) groups excluding carboxylic acids is 1. The van der Waals surface area contributed by atoms with Crippen LogP contribution in [0.4, 0.5) is 4.79 Å². The second kappa shape index (κ2) is 5.07. The van der Waals surface area contributed by atoms with Gasteiger partial charge in [-0.3, -0.25) is 4.79 Å². The first-order valence-corrected chi connectivity index (χ1v) is 6.01. The number of carboxylic acids is 2. The molecule has 0 heterocycles. The lowest BCUT2D eigenvalue weighted by atomic mass is 9.97. The van der Waals surface area contributed by atoms with Gasteiger partial charge in [-0.1, -0.05) is 0 Å². The second-order valence-corrected chi connectivity index (χ2v) is 5.83. The fraction of sp³-hybridized carbons (Fsp3) is 0.750. The molecular formula is C12H19NO6. The molecule has 1 fully saturated rings. The molecule has 108 valence electrons. The summed E-state index contributed by atoms with van der Waals surface area (Å²) < 4.78 is 4.95. The van der Waals surface area contributed by atoms with Crippen LogP contribution in [0.25, 0.3) is 0 Å². The van der Waals surface area contributed by atoms with E-state index in [1.807, 2.05) is 0 Å². The minimum atomic E-state index is -1.27. The zero-order valence-corrected chi connectivity index (χ0v) is 11.2. The molecule has 0 aromatic carbocycles. The van der Waals surface area contributed by atoms with E-state index in [0.717, 1.165) is 0 Å². The maximum atomic E-state index is 11.5. The summed E-state index contributed by atoms with van der Waals surface area (Å²) >= 11 is 0. The van der Waals surface area contributed by atoms with Gasteiger partial charge in [0.15, 0.2) is 0 Å². The molecule has 1 saturated carbocycles. The van der Waals surface area contributed by atoms with E-state index in [4.69, 9.17) is 14.9 Å². The van der Waals surface area contributed by atoms with Crippen molar-refractivity contribution in [3.63, 3.8) is 0 Å². The molecule has 7 heteroatoms. The minimum absolute atomic E-state index is 0.128. The van der Waals surface area contributed by atoms with Crippen molar-refractivity contribution in [3.05, 3.63) is 0 Å². The van der Waals surface area contributed by atoms with Crippen LogP contribution >= 0.6 is 0 Å². The number of aliphatic carboxylic acids is 2. The summed E-state index contributed by atoms with van der Waals surface area (Å²) in [6.45, 7) is 4.96. The Labute approximate surface area is 110 Å². The molecule has 0 spiro atoms. The summed E-state index contributed by atoms with van der Waals surface area (Å²) in [5.41, 5.74) is -1.75. The van der Waals surface area contributed by atoms with Gasteiger partial charge in [0.25, 0.3) is 0 Å². The summed E-state index contributed by atoms with van der Waals surface area (Å²) in [7, 11) is 0. The Morgan fingerprint density at radius 1 is 1.26 bits per heavy atom. The molecule has 1 aliphatic rings. The van der Waals surface area contributed by atoms with E-state index in [1.54, 1.807) is 20.8 Å². The van der Waals surface area contributed by atoms with E-state index in [1.165, 1.54) is 0 Å². The van der Waals surface area contributed by atoms with Crippen LogP contribution in [0.2, 0.25) is 0 Å². The van der Waals surface area contributed by atoms with E-state index in [0.29, 0.717) is 12.8 Å². The molecule has 1 aliphatic carbocycles. The molecule has 1 rings (SSSR count). The molecule has 3 N–H and O–H groups in total. The molecule has 0 bridgehead atoms. The first-order chi connectivity index (χ1) is 8.56. The van der Waals surface area contributed by atoms with Crippen molar-refractivity contribution in [2.24, 2.45) is 5.41 Å². The van der Waals surface area contributed by atoms with Crippen LogP contribution in [0.15, 0.2) is 0 Å². The molecule has 0 saturated heterocycles. The molecule has 0 aromatic heterocycles. The minimum Gasteiger partial charge on any atom is -0.481 e. The molecule has 1 unspecified atom stereocenters. The predicted molar refractivity (Wildman–Crippen MR) is 64.7 cm³/mol. The Kier molecular flexibility index (Phi) is 4.07. The highest BCUT2D eigenvalue weighted by Gasteiger charge is 2.52. The first-order valence-electron chi connectivity index (χ1n) is 6.01. The van der Waals surface area contributed by atoms with Crippen LogP contribution in [0, 0.1) is 5.41 Å². The van der Waals surface area contributed by atoms with E-state index in [2.05, 4.69) is 5.32 Å². The Morgan fingerprint density at radius 3 is 2.11 bits per heavy atom. The van der Waals surface area contributed by atoms with Gasteiger partial charge in [-0.05, 0) is 40.0 Å². The average molecular weight is 273 g/mol. The summed E-state index contributed by atoms with van der Waals surface area (Å²) in [5.74, 6) is -2.29. The van der Waals surface area contributed by atoms with E-state index < -0.39 is 35.1 Å². The molecule has 7 nitrogen and oxygen atoms in total. The van der Waals surface area contributed by atoms with Gasteiger partial charge in [0, 0.05) is 0 Å². The number of amides is 1. The Balaban J connectivity index is 2.62. The summed E-state index contributed by atoms with van der Waals surface area (Å²) in [6, 6.07) is -1.26. The number of hydrogen-bond acceptors (Lipinski definition) is 4. The van der Waals surface area contributed by atoms with E-state index in [-0.39, 0.29) is 6.42 Å². The molecule has 1 amide bonds. The fourth-order valence-electron chi connectivity index (χ4n) is 1.70. The quantitative estimate of drug-likeness (QED) is 0.694. The van der Waals surface area contributed by atoms with E-state index in [9.17, 15) is 14.4 Å². The normalized spacial score (nSPS) is 18.3. The molecule has 0 aliphatic heterocycles. The highest BCUT2D eigenvalue weighted by atomic mass is 16.6. The van der Waals surface area contributed by atoms with Crippen molar-refractivity contribution < 1.29 is 29.3 Å². The van der Waals surface area contributed by atoms with Gasteiger partial charge < -0.3 is 20.3 Å². The van der Waals surface area contributed by atoms with Crippen LogP contribution in [-0.4, -0.2) is 39.9 Å². The third-order valence-electron chi connectivity index (χ3n) is 2.89. The standard InChI is InChI=1S/C12H19NO6/c1-11(2,3)19-10(18)13-7(8(14)15)6-12(4-5-12)9(16)17/h7H,4-6H2,1-3H3,(H,13,18)(H,14,15)(H,16,17). The number of alkyl carbamates (subject to hydrolysis) is 1. The topological polar surface area (TPSA) is 113 Å². The number of carboxylic acid groups (broad SMARTS) is 2. The van der Waals surface area contributed by atoms with E-state index >= 15 is 0 Å². The van der Waals surface area contributed by atoms with Gasteiger partial charge >= 0.3 is 18.0 Å². The molecule has 0 radical (unpaired) electrons. The lowest BCUT2D eigenvalue weighted by molar-refractivity contribution is -0.145. The zero-order chi connectivity index (χ0) is 14.8. The van der Waals surface area contributed by atoms with Crippen LogP contribution < -0.4 is 5.32 Å². The summed E-state index contributed by atoms with van der Waals surface area (Å²) in [4.78, 5) is 33.6. The lowest BCUT2D eigenvalue weighted by Gasteiger charge is -2.23. The highest BCUT2D eigenvalue weighted by Crippen LogP contribution is 2.49. The lowest BCUT2D eigenvalue weighted by Crippen LogP contribution is -2.45. The largest absolute Gasteiger partial charge is 0.481 e. The number of ether oxygens (including phenoxy) is 1. The smallest absolute Gasteiger partial charge is 0.408 e. The van der Waals surface area contributed by atoms with Crippen molar-refractivity contribution in [1.29, 1.82) is 0 Å². The van der Waals surface area contributed by atoms with Crippen LogP contribution in [0.5, 0.6) is 0 Å². The third-order valence-corrected chi connectivity index (χ3v) is 2.89. The third kappa shape index (κ3) is 4.42. The zero-order valence-electron chi connectivity index (χ0n) is 11.2. The molecule has 19 heavy (non-hydrogen) atoms. The van der Waals surface area contributed by atoms with Crippen LogP contribution in [-0.2, 0) is 14.3 Å². The predicted octanol–water partition coefficient (Wildman–Crippen LogP) is 1.22. The van der Waals surface area contributed by atoms with Crippen molar-refractivity contribution in [1.82, 2.24) is 5.32 Å². The molecule has 0 aromatic rings. The number of rotatable bonds is 5. The van der Waals surface area contributed by atoms with Crippen molar-refractivity contribution in [2.75, 3.05) is 0 Å². The molecular weight excluding hydrogens is 254 g/mol. The monoisotopic (exact) mass is 273 g/mol. The van der Waals surface area contributed by atoms with Crippen LogP contribution in [0.3, 0.4) is 0 Å². The number of nitrogens with one attached hydrogen (secondary N) is 1. The molecule has 1 atom stereocenters. The maximum Gasteiger partial charge on any atom is 0.408 e. The Bertz CT molecular complexity index is 394. The van der Waals surface area contributed by atoms with Gasteiger partial charge in [-0.2, -0.15) is 0 Å². The van der Waals surface area contributed by atoms with Crippen molar-refractivity contribution in [3.8, 4) is 0 Å². The summed E-state index contributed by atoms with van der Waals surface area (Å²) in [6.07, 6.45) is -0.123. The Hall–Kier alpha value is -1.79. The van der Waals surface area contributed by atoms with Gasteiger partial charge in [0.2, 0.25) is 0 Å². The fourth-order valence-corrected chi connectivity index (χ4v) is 1.70.